The van der Waals surface area contributed by atoms with Gasteiger partial charge in [0, 0.05) is 18.0 Å². The van der Waals surface area contributed by atoms with Gasteiger partial charge in [0.25, 0.3) is 0 Å². The highest BCUT2D eigenvalue weighted by molar-refractivity contribution is 5.81. The zero-order valence-electron chi connectivity index (χ0n) is 11.0. The number of nitrogens with zero attached hydrogens (tertiary/aromatic N) is 1. The number of pyridine rings is 1. The van der Waals surface area contributed by atoms with Gasteiger partial charge in [-0.05, 0) is 42.9 Å². The van der Waals surface area contributed by atoms with E-state index >= 15 is 0 Å². The molecule has 1 heterocycles. The molecule has 0 radical (unpaired) electrons. The molecule has 18 heavy (non-hydrogen) atoms. The Bertz CT molecular complexity index is 579. The molecule has 94 valence electrons. The van der Waals surface area contributed by atoms with Gasteiger partial charge < -0.3 is 5.11 Å². The zero-order valence-corrected chi connectivity index (χ0v) is 11.0. The van der Waals surface area contributed by atoms with E-state index in [1.807, 2.05) is 37.4 Å². The molecule has 2 nitrogen and oxygen atoms in total. The van der Waals surface area contributed by atoms with Crippen LogP contribution in [0.15, 0.2) is 36.5 Å². The summed E-state index contributed by atoms with van der Waals surface area (Å²) in [5.41, 5.74) is 1.67. The van der Waals surface area contributed by atoms with Crippen LogP contribution in [0.5, 0.6) is 0 Å². The summed E-state index contributed by atoms with van der Waals surface area (Å²) in [6, 6.07) is 10.2. The molecule has 3 rings (SSSR count). The van der Waals surface area contributed by atoms with Gasteiger partial charge in [-0.15, -0.1) is 0 Å². The molecule has 0 spiro atoms. The molecule has 1 unspecified atom stereocenters. The Morgan fingerprint density at radius 2 is 2.00 bits per heavy atom. The molecule has 1 N–H and O–H groups in total. The summed E-state index contributed by atoms with van der Waals surface area (Å²) >= 11 is 0. The van der Waals surface area contributed by atoms with Crippen molar-refractivity contribution >= 4 is 10.9 Å². The molecule has 0 aliphatic heterocycles. The van der Waals surface area contributed by atoms with Crippen molar-refractivity contribution in [3.05, 3.63) is 42.1 Å². The molecule has 1 aromatic carbocycles. The Morgan fingerprint density at radius 1 is 1.28 bits per heavy atom. The molecule has 2 aromatic rings. The third kappa shape index (κ3) is 1.81. The summed E-state index contributed by atoms with van der Waals surface area (Å²) < 4.78 is 0. The lowest BCUT2D eigenvalue weighted by atomic mass is 9.81. The fraction of sp³-hybridized carbons (Fsp3) is 0.438. The van der Waals surface area contributed by atoms with Crippen LogP contribution in [0.4, 0.5) is 0 Å². The lowest BCUT2D eigenvalue weighted by Crippen LogP contribution is -2.36. The fourth-order valence-corrected chi connectivity index (χ4v) is 2.62. The smallest absolute Gasteiger partial charge is 0.0713 e. The van der Waals surface area contributed by atoms with E-state index in [0.717, 1.165) is 23.7 Å². The van der Waals surface area contributed by atoms with E-state index in [0.29, 0.717) is 6.42 Å². The van der Waals surface area contributed by atoms with Gasteiger partial charge in [0.2, 0.25) is 0 Å². The first-order valence-electron chi connectivity index (χ1n) is 6.57. The molecule has 1 aromatic heterocycles. The number of rotatable bonds is 3. The van der Waals surface area contributed by atoms with Crippen molar-refractivity contribution in [2.24, 2.45) is 5.41 Å². The SMILES string of the molecule is CC(O)(Cc1ccnc2ccccc12)C1(C)CC1. The minimum atomic E-state index is -0.628. The van der Waals surface area contributed by atoms with Crippen molar-refractivity contribution in [1.82, 2.24) is 4.98 Å². The predicted molar refractivity (Wildman–Crippen MR) is 73.4 cm³/mol. The van der Waals surface area contributed by atoms with E-state index in [9.17, 15) is 5.11 Å². The molecule has 1 aliphatic rings. The van der Waals surface area contributed by atoms with Crippen molar-refractivity contribution in [2.45, 2.75) is 38.7 Å². The van der Waals surface area contributed by atoms with E-state index < -0.39 is 5.60 Å². The molecule has 1 saturated carbocycles. The average Bonchev–Trinajstić information content (AvgIpc) is 3.09. The molecule has 0 saturated heterocycles. The molecule has 2 heteroatoms. The Hall–Kier alpha value is -1.41. The number of aromatic nitrogens is 1. The Balaban J connectivity index is 2.00. The van der Waals surface area contributed by atoms with E-state index in [2.05, 4.69) is 18.0 Å². The quantitative estimate of drug-likeness (QED) is 0.894. The number of benzene rings is 1. The molecule has 1 fully saturated rings. The molecule has 0 bridgehead atoms. The minimum absolute atomic E-state index is 0.0946. The fourth-order valence-electron chi connectivity index (χ4n) is 2.62. The van der Waals surface area contributed by atoms with Gasteiger partial charge in [-0.2, -0.15) is 0 Å². The van der Waals surface area contributed by atoms with Crippen molar-refractivity contribution in [1.29, 1.82) is 0 Å². The Labute approximate surface area is 108 Å². The number of hydrogen-bond acceptors (Lipinski definition) is 2. The molecule has 0 amide bonds. The van der Waals surface area contributed by atoms with Gasteiger partial charge >= 0.3 is 0 Å². The molecular weight excluding hydrogens is 222 g/mol. The summed E-state index contributed by atoms with van der Waals surface area (Å²) in [4.78, 5) is 4.37. The van der Waals surface area contributed by atoms with Gasteiger partial charge in [0.1, 0.15) is 0 Å². The van der Waals surface area contributed by atoms with Crippen LogP contribution >= 0.6 is 0 Å². The summed E-state index contributed by atoms with van der Waals surface area (Å²) in [5.74, 6) is 0. The normalized spacial score (nSPS) is 20.6. The van der Waals surface area contributed by atoms with Crippen molar-refractivity contribution < 1.29 is 5.11 Å². The first-order valence-corrected chi connectivity index (χ1v) is 6.57. The van der Waals surface area contributed by atoms with Crippen LogP contribution in [0.25, 0.3) is 10.9 Å². The first-order chi connectivity index (χ1) is 8.52. The van der Waals surface area contributed by atoms with Crippen molar-refractivity contribution in [3.63, 3.8) is 0 Å². The Morgan fingerprint density at radius 3 is 2.72 bits per heavy atom. The summed E-state index contributed by atoms with van der Waals surface area (Å²) in [7, 11) is 0. The van der Waals surface area contributed by atoms with Gasteiger partial charge in [0.15, 0.2) is 0 Å². The van der Waals surface area contributed by atoms with Crippen LogP contribution in [0.2, 0.25) is 0 Å². The third-order valence-corrected chi connectivity index (χ3v) is 4.57. The van der Waals surface area contributed by atoms with E-state index in [-0.39, 0.29) is 5.41 Å². The van der Waals surface area contributed by atoms with Crippen LogP contribution in [-0.2, 0) is 6.42 Å². The number of hydrogen-bond donors (Lipinski definition) is 1. The summed E-state index contributed by atoms with van der Waals surface area (Å²) in [6.45, 7) is 4.14. The largest absolute Gasteiger partial charge is 0.389 e. The first kappa shape index (κ1) is 11.7. The minimum Gasteiger partial charge on any atom is -0.389 e. The van der Waals surface area contributed by atoms with Gasteiger partial charge in [0.05, 0.1) is 11.1 Å². The zero-order chi connectivity index (χ0) is 12.8. The lowest BCUT2D eigenvalue weighted by molar-refractivity contribution is -0.00674. The maximum atomic E-state index is 10.7. The summed E-state index contributed by atoms with van der Waals surface area (Å²) in [6.07, 6.45) is 4.79. The van der Waals surface area contributed by atoms with Crippen LogP contribution in [0.1, 0.15) is 32.3 Å². The maximum Gasteiger partial charge on any atom is 0.0713 e. The van der Waals surface area contributed by atoms with Gasteiger partial charge in [-0.25, -0.2) is 0 Å². The second-order valence-electron chi connectivity index (χ2n) is 6.00. The highest BCUT2D eigenvalue weighted by Gasteiger charge is 2.52. The number of para-hydroxylation sites is 1. The van der Waals surface area contributed by atoms with Crippen molar-refractivity contribution in [2.75, 3.05) is 0 Å². The van der Waals surface area contributed by atoms with Crippen LogP contribution < -0.4 is 0 Å². The Kier molecular flexibility index (Phi) is 2.46. The van der Waals surface area contributed by atoms with E-state index in [1.165, 1.54) is 5.56 Å². The van der Waals surface area contributed by atoms with E-state index in [1.54, 1.807) is 0 Å². The van der Waals surface area contributed by atoms with Gasteiger partial charge in [-0.1, -0.05) is 25.1 Å². The van der Waals surface area contributed by atoms with Crippen LogP contribution in [0.3, 0.4) is 0 Å². The molecule has 1 aliphatic carbocycles. The monoisotopic (exact) mass is 241 g/mol. The standard InChI is InChI=1S/C16H19NO/c1-15(8-9-15)16(2,18)11-12-7-10-17-14-6-4-3-5-13(12)14/h3-7,10,18H,8-9,11H2,1-2H3. The molecule has 1 atom stereocenters. The van der Waals surface area contributed by atoms with Crippen LogP contribution in [-0.4, -0.2) is 15.7 Å². The maximum absolute atomic E-state index is 10.7. The predicted octanol–water partition coefficient (Wildman–Crippen LogP) is 3.33. The highest BCUT2D eigenvalue weighted by atomic mass is 16.3. The second kappa shape index (κ2) is 3.79. The number of aliphatic hydroxyl groups is 1. The topological polar surface area (TPSA) is 33.1 Å². The highest BCUT2D eigenvalue weighted by Crippen LogP contribution is 2.54. The third-order valence-electron chi connectivity index (χ3n) is 4.57. The van der Waals surface area contributed by atoms with E-state index in [4.69, 9.17) is 0 Å². The average molecular weight is 241 g/mol. The summed E-state index contributed by atoms with van der Waals surface area (Å²) in [5, 5.41) is 11.9. The van der Waals surface area contributed by atoms with Gasteiger partial charge in [-0.3, -0.25) is 4.98 Å². The van der Waals surface area contributed by atoms with Crippen molar-refractivity contribution in [3.8, 4) is 0 Å². The lowest BCUT2D eigenvalue weighted by Gasteiger charge is -2.31. The number of fused-ring (bicyclic) bond motifs is 1. The van der Waals surface area contributed by atoms with Crippen LogP contribution in [0, 0.1) is 5.41 Å². The molecular formula is C16H19NO. The second-order valence-corrected chi connectivity index (χ2v) is 6.00.